The van der Waals surface area contributed by atoms with Gasteiger partial charge in [-0.05, 0) is 42.3 Å². The lowest BCUT2D eigenvalue weighted by Crippen LogP contribution is -1.99. The molecule has 0 unspecified atom stereocenters. The molecule has 0 aliphatic heterocycles. The first kappa shape index (κ1) is 14.1. The van der Waals surface area contributed by atoms with Crippen LogP contribution in [0.2, 0.25) is 0 Å². The van der Waals surface area contributed by atoms with E-state index in [1.165, 1.54) is 0 Å². The monoisotopic (exact) mass is 245 g/mol. The second kappa shape index (κ2) is 7.35. The molecular weight excluding hydrogens is 226 g/mol. The molecule has 0 aromatic heterocycles. The molecule has 3 heteroatoms. The number of hydrogen-bond acceptors (Lipinski definition) is 3. The standard InChI is InChI=1S/C15H19NO2/c1-3-13(5-4-12(2)10-17)11-18-15-8-6-14(16)7-9-15/h3-9,17H,1,10-11,16H2,2H3/b12-4+,13-5+. The highest BCUT2D eigenvalue weighted by Gasteiger charge is 1.95. The van der Waals surface area contributed by atoms with Crippen LogP contribution in [0.3, 0.4) is 0 Å². The molecule has 0 radical (unpaired) electrons. The van der Waals surface area contributed by atoms with E-state index in [-0.39, 0.29) is 6.61 Å². The van der Waals surface area contributed by atoms with E-state index in [4.69, 9.17) is 15.6 Å². The molecule has 1 aromatic carbocycles. The van der Waals surface area contributed by atoms with Crippen LogP contribution < -0.4 is 10.5 Å². The highest BCUT2D eigenvalue weighted by Crippen LogP contribution is 2.14. The third kappa shape index (κ3) is 4.89. The van der Waals surface area contributed by atoms with E-state index in [0.29, 0.717) is 12.3 Å². The summed E-state index contributed by atoms with van der Waals surface area (Å²) in [7, 11) is 0. The highest BCUT2D eigenvalue weighted by molar-refractivity contribution is 5.41. The fraction of sp³-hybridized carbons (Fsp3) is 0.200. The van der Waals surface area contributed by atoms with E-state index in [0.717, 1.165) is 16.9 Å². The molecule has 0 saturated heterocycles. The molecule has 0 amide bonds. The summed E-state index contributed by atoms with van der Waals surface area (Å²) in [4.78, 5) is 0. The van der Waals surface area contributed by atoms with Crippen LogP contribution in [0.4, 0.5) is 5.69 Å². The van der Waals surface area contributed by atoms with Gasteiger partial charge in [0.25, 0.3) is 0 Å². The molecule has 18 heavy (non-hydrogen) atoms. The van der Waals surface area contributed by atoms with E-state index >= 15 is 0 Å². The van der Waals surface area contributed by atoms with Crippen molar-refractivity contribution < 1.29 is 9.84 Å². The number of nitrogen functional groups attached to an aromatic ring is 1. The Hall–Kier alpha value is -2.00. The lowest BCUT2D eigenvalue weighted by atomic mass is 10.2. The number of allylic oxidation sites excluding steroid dienone is 2. The molecule has 96 valence electrons. The molecule has 0 aliphatic rings. The molecule has 3 N–H and O–H groups in total. The number of aliphatic hydroxyl groups excluding tert-OH is 1. The average Bonchev–Trinajstić information content (AvgIpc) is 2.40. The molecule has 0 atom stereocenters. The molecule has 0 fully saturated rings. The quantitative estimate of drug-likeness (QED) is 0.598. The van der Waals surface area contributed by atoms with Gasteiger partial charge in [0.15, 0.2) is 0 Å². The Bertz CT molecular complexity index is 444. The predicted octanol–water partition coefficient (Wildman–Crippen LogP) is 2.70. The van der Waals surface area contributed by atoms with Crippen LogP contribution in [0.5, 0.6) is 5.75 Å². The zero-order valence-electron chi connectivity index (χ0n) is 10.6. The van der Waals surface area contributed by atoms with Gasteiger partial charge in [0.05, 0.1) is 6.61 Å². The fourth-order valence-electron chi connectivity index (χ4n) is 1.21. The smallest absolute Gasteiger partial charge is 0.119 e. The molecule has 0 aliphatic carbocycles. The van der Waals surface area contributed by atoms with Crippen LogP contribution in [-0.4, -0.2) is 18.3 Å². The first-order valence-electron chi connectivity index (χ1n) is 5.73. The van der Waals surface area contributed by atoms with E-state index in [1.54, 1.807) is 18.2 Å². The van der Waals surface area contributed by atoms with Crippen molar-refractivity contribution in [1.82, 2.24) is 0 Å². The lowest BCUT2D eigenvalue weighted by molar-refractivity contribution is 0.331. The van der Waals surface area contributed by atoms with Crippen LogP contribution in [0.25, 0.3) is 0 Å². The van der Waals surface area contributed by atoms with E-state index in [9.17, 15) is 0 Å². The van der Waals surface area contributed by atoms with Gasteiger partial charge < -0.3 is 15.6 Å². The molecule has 1 aromatic rings. The Morgan fingerprint density at radius 2 is 2.00 bits per heavy atom. The Morgan fingerprint density at radius 1 is 1.33 bits per heavy atom. The number of benzene rings is 1. The minimum atomic E-state index is 0.0553. The maximum absolute atomic E-state index is 8.89. The normalized spacial score (nSPS) is 12.3. The van der Waals surface area contributed by atoms with Gasteiger partial charge in [-0.1, -0.05) is 24.8 Å². The first-order valence-corrected chi connectivity index (χ1v) is 5.73. The van der Waals surface area contributed by atoms with E-state index < -0.39 is 0 Å². The summed E-state index contributed by atoms with van der Waals surface area (Å²) >= 11 is 0. The highest BCUT2D eigenvalue weighted by atomic mass is 16.5. The van der Waals surface area contributed by atoms with Crippen LogP contribution in [0, 0.1) is 0 Å². The minimum Gasteiger partial charge on any atom is -0.489 e. The van der Waals surface area contributed by atoms with Gasteiger partial charge in [-0.15, -0.1) is 0 Å². The average molecular weight is 245 g/mol. The number of ether oxygens (including phenoxy) is 1. The van der Waals surface area contributed by atoms with E-state index in [2.05, 4.69) is 6.58 Å². The summed E-state index contributed by atoms with van der Waals surface area (Å²) in [5.74, 6) is 0.764. The number of hydrogen-bond donors (Lipinski definition) is 2. The maximum Gasteiger partial charge on any atom is 0.119 e. The van der Waals surface area contributed by atoms with Gasteiger partial charge in [0, 0.05) is 5.69 Å². The summed E-state index contributed by atoms with van der Waals surface area (Å²) in [5, 5.41) is 8.89. The number of aliphatic hydroxyl groups is 1. The fourth-order valence-corrected chi connectivity index (χ4v) is 1.21. The molecule has 1 rings (SSSR count). The number of rotatable bonds is 6. The molecule has 0 heterocycles. The van der Waals surface area contributed by atoms with Crippen LogP contribution >= 0.6 is 0 Å². The van der Waals surface area contributed by atoms with Crippen molar-refractivity contribution in [3.05, 3.63) is 60.2 Å². The minimum absolute atomic E-state index is 0.0553. The topological polar surface area (TPSA) is 55.5 Å². The number of nitrogens with two attached hydrogens (primary N) is 1. The van der Waals surface area contributed by atoms with Crippen molar-refractivity contribution in [1.29, 1.82) is 0 Å². The molecule has 0 bridgehead atoms. The van der Waals surface area contributed by atoms with Gasteiger partial charge in [-0.3, -0.25) is 0 Å². The Morgan fingerprint density at radius 3 is 2.56 bits per heavy atom. The summed E-state index contributed by atoms with van der Waals surface area (Å²) in [6.07, 6.45) is 5.47. The molecule has 3 nitrogen and oxygen atoms in total. The van der Waals surface area contributed by atoms with Crippen molar-refractivity contribution in [2.24, 2.45) is 0 Å². The molecular formula is C15H19NO2. The van der Waals surface area contributed by atoms with E-state index in [1.807, 2.05) is 31.2 Å². The summed E-state index contributed by atoms with van der Waals surface area (Å²) in [5.41, 5.74) is 8.14. The van der Waals surface area contributed by atoms with Gasteiger partial charge in [0.1, 0.15) is 12.4 Å². The first-order chi connectivity index (χ1) is 8.65. The second-order valence-electron chi connectivity index (χ2n) is 3.97. The van der Waals surface area contributed by atoms with Crippen LogP contribution in [0.1, 0.15) is 6.92 Å². The van der Waals surface area contributed by atoms with Crippen molar-refractivity contribution >= 4 is 5.69 Å². The van der Waals surface area contributed by atoms with Crippen LogP contribution in [-0.2, 0) is 0 Å². The third-order valence-electron chi connectivity index (χ3n) is 2.38. The SMILES string of the molecule is C=C/C(=C\C=C(/C)CO)COc1ccc(N)cc1. The van der Waals surface area contributed by atoms with Gasteiger partial charge in [0.2, 0.25) is 0 Å². The van der Waals surface area contributed by atoms with Crippen molar-refractivity contribution in [3.8, 4) is 5.75 Å². The lowest BCUT2D eigenvalue weighted by Gasteiger charge is -2.06. The molecule has 0 spiro atoms. The van der Waals surface area contributed by atoms with Crippen molar-refractivity contribution in [2.75, 3.05) is 18.9 Å². The Kier molecular flexibility index (Phi) is 5.74. The summed E-state index contributed by atoms with van der Waals surface area (Å²) in [6.45, 7) is 6.08. The second-order valence-corrected chi connectivity index (χ2v) is 3.97. The van der Waals surface area contributed by atoms with Gasteiger partial charge in [-0.25, -0.2) is 0 Å². The Balaban J connectivity index is 2.59. The van der Waals surface area contributed by atoms with Crippen molar-refractivity contribution in [2.45, 2.75) is 6.92 Å². The third-order valence-corrected chi connectivity index (χ3v) is 2.38. The number of anilines is 1. The predicted molar refractivity (Wildman–Crippen MR) is 75.5 cm³/mol. The van der Waals surface area contributed by atoms with Gasteiger partial charge >= 0.3 is 0 Å². The molecule has 0 saturated carbocycles. The largest absolute Gasteiger partial charge is 0.489 e. The Labute approximate surface area is 108 Å². The zero-order valence-corrected chi connectivity index (χ0v) is 10.6. The maximum atomic E-state index is 8.89. The van der Waals surface area contributed by atoms with Crippen molar-refractivity contribution in [3.63, 3.8) is 0 Å². The van der Waals surface area contributed by atoms with Crippen LogP contribution in [0.15, 0.2) is 60.2 Å². The summed E-state index contributed by atoms with van der Waals surface area (Å²) in [6, 6.07) is 7.24. The summed E-state index contributed by atoms with van der Waals surface area (Å²) < 4.78 is 5.59. The zero-order chi connectivity index (χ0) is 13.4. The van der Waals surface area contributed by atoms with Gasteiger partial charge in [-0.2, -0.15) is 0 Å².